The number of hydrogen-bond acceptors (Lipinski definition) is 7. The van der Waals surface area contributed by atoms with E-state index in [1.54, 1.807) is 6.92 Å². The molecule has 2 aliphatic rings. The molecule has 12 nitrogen and oxygen atoms in total. The average molecular weight is 715 g/mol. The number of para-hydroxylation sites is 1. The normalized spacial score (nSPS) is 19.3. The molecule has 7 N–H and O–H groups in total. The Labute approximate surface area is 305 Å². The minimum atomic E-state index is -0.959. The summed E-state index contributed by atoms with van der Waals surface area (Å²) in [5.41, 5.74) is 8.52. The van der Waals surface area contributed by atoms with Gasteiger partial charge in [0.2, 0.25) is 23.6 Å². The number of nitrogens with one attached hydrogen (secondary N) is 5. The zero-order chi connectivity index (χ0) is 36.9. The molecule has 1 saturated heterocycles. The molecule has 280 valence electrons. The van der Waals surface area contributed by atoms with Crippen LogP contribution in [0, 0.1) is 5.92 Å². The van der Waals surface area contributed by atoms with Crippen LogP contribution in [-0.4, -0.2) is 71.4 Å². The summed E-state index contributed by atoms with van der Waals surface area (Å²) in [4.78, 5) is 69.5. The van der Waals surface area contributed by atoms with E-state index in [0.717, 1.165) is 60.6 Å². The maximum atomic E-state index is 14.1. The van der Waals surface area contributed by atoms with Crippen LogP contribution in [-0.2, 0) is 41.6 Å². The lowest BCUT2D eigenvalue weighted by Crippen LogP contribution is -2.53. The zero-order valence-electron chi connectivity index (χ0n) is 30.2. The molecule has 1 aliphatic heterocycles. The van der Waals surface area contributed by atoms with Gasteiger partial charge in [0.15, 0.2) is 0 Å². The molecule has 5 rings (SSSR count). The molecule has 0 spiro atoms. The first-order chi connectivity index (χ1) is 25.2. The van der Waals surface area contributed by atoms with E-state index < -0.39 is 36.2 Å². The Bertz CT molecular complexity index is 1650. The summed E-state index contributed by atoms with van der Waals surface area (Å²) in [6, 6.07) is 15.1. The molecule has 3 aromatic rings. The molecule has 2 aromatic carbocycles. The number of esters is 1. The lowest BCUT2D eigenvalue weighted by Gasteiger charge is -2.27. The highest BCUT2D eigenvalue weighted by molar-refractivity contribution is 5.90. The number of cyclic esters (lactones) is 1. The molecular formula is C40H54N6O6. The number of hydrogen-bond donors (Lipinski definition) is 6. The fraction of sp³-hybridized carbons (Fsp3) is 0.525. The molecule has 1 saturated carbocycles. The number of fused-ring (bicyclic) bond motifs is 1. The number of unbranched alkanes of at least 4 members (excludes halogenated alkanes) is 1. The average Bonchev–Trinajstić information content (AvgIpc) is 3.69. The lowest BCUT2D eigenvalue weighted by atomic mass is 9.88. The standard InChI is InChI=1S/C40H54N6O6/c1-26-34(24-38(49)52-26)45-36(47)22-30(16-10-11-19-41)43-40(51)35(21-29-25-42-33-18-9-8-17-32(29)33)46-37(48)23-31(20-27-12-4-2-5-13-27)44-39(50)28-14-6-3-7-15-28/h2,4-5,8-9,12-13,17-18,25-26,28,30-31,34-35,42H,3,6-7,10-11,14-16,19-24,41H2,1H3,(H,43,51)(H,44,50)(H,45,47)(H,46,48)/t26-,30+,31+,34-,35-/m1/s1. The van der Waals surface area contributed by atoms with Gasteiger partial charge in [-0.15, -0.1) is 0 Å². The van der Waals surface area contributed by atoms with Crippen molar-refractivity contribution in [1.29, 1.82) is 0 Å². The van der Waals surface area contributed by atoms with Crippen LogP contribution in [0.4, 0.5) is 0 Å². The first-order valence-corrected chi connectivity index (χ1v) is 18.9. The number of carbonyl (C=O) groups is 5. The van der Waals surface area contributed by atoms with Gasteiger partial charge in [0.25, 0.3) is 0 Å². The molecule has 0 bridgehead atoms. The molecule has 2 heterocycles. The van der Waals surface area contributed by atoms with Crippen molar-refractivity contribution in [2.24, 2.45) is 11.7 Å². The van der Waals surface area contributed by atoms with Gasteiger partial charge in [-0.05, 0) is 62.8 Å². The number of aromatic amines is 1. The number of amides is 4. The summed E-state index contributed by atoms with van der Waals surface area (Å²) in [6.45, 7) is 2.22. The van der Waals surface area contributed by atoms with Crippen LogP contribution in [0.3, 0.4) is 0 Å². The molecule has 5 atom stereocenters. The van der Waals surface area contributed by atoms with Crippen LogP contribution in [0.15, 0.2) is 60.8 Å². The number of rotatable bonds is 18. The Balaban J connectivity index is 1.31. The van der Waals surface area contributed by atoms with Crippen LogP contribution in [0.2, 0.25) is 0 Å². The van der Waals surface area contributed by atoms with Crippen molar-refractivity contribution in [3.05, 3.63) is 71.9 Å². The van der Waals surface area contributed by atoms with Gasteiger partial charge in [-0.2, -0.15) is 0 Å². The van der Waals surface area contributed by atoms with E-state index in [9.17, 15) is 24.0 Å². The van der Waals surface area contributed by atoms with E-state index in [1.165, 1.54) is 0 Å². The summed E-state index contributed by atoms with van der Waals surface area (Å²) in [5.74, 6) is -1.52. The van der Waals surface area contributed by atoms with E-state index in [-0.39, 0.29) is 55.3 Å². The monoisotopic (exact) mass is 714 g/mol. The molecule has 0 radical (unpaired) electrons. The quantitative estimate of drug-likeness (QED) is 0.0857. The first-order valence-electron chi connectivity index (χ1n) is 18.9. The van der Waals surface area contributed by atoms with E-state index in [0.29, 0.717) is 25.8 Å². The molecule has 52 heavy (non-hydrogen) atoms. The summed E-state index contributed by atoms with van der Waals surface area (Å²) < 4.78 is 5.18. The maximum absolute atomic E-state index is 14.1. The first kappa shape index (κ1) is 38.5. The molecule has 4 amide bonds. The minimum Gasteiger partial charge on any atom is -0.460 e. The SMILES string of the molecule is C[C@H]1OC(=O)C[C@H]1NC(=O)C[C@H](CCCCN)NC(=O)[C@@H](Cc1c[nH]c2ccccc12)NC(=O)C[C@H](Cc1ccccc1)NC(=O)C1CCCCC1. The van der Waals surface area contributed by atoms with Crippen molar-refractivity contribution < 1.29 is 28.7 Å². The lowest BCUT2D eigenvalue weighted by molar-refractivity contribution is -0.141. The van der Waals surface area contributed by atoms with Crippen molar-refractivity contribution in [2.75, 3.05) is 6.54 Å². The Kier molecular flexibility index (Phi) is 14.2. The summed E-state index contributed by atoms with van der Waals surface area (Å²) in [5, 5.41) is 13.0. The zero-order valence-corrected chi connectivity index (χ0v) is 30.2. The topological polar surface area (TPSA) is 185 Å². The summed E-state index contributed by atoms with van der Waals surface area (Å²) >= 11 is 0. The third-order valence-corrected chi connectivity index (χ3v) is 10.2. The highest BCUT2D eigenvalue weighted by atomic mass is 16.6. The molecule has 1 aromatic heterocycles. The van der Waals surface area contributed by atoms with Crippen LogP contribution >= 0.6 is 0 Å². The molecule has 2 fully saturated rings. The number of carbonyl (C=O) groups excluding carboxylic acids is 5. The summed E-state index contributed by atoms with van der Waals surface area (Å²) in [6.07, 6.45) is 8.97. The minimum absolute atomic E-state index is 0.00613. The van der Waals surface area contributed by atoms with Gasteiger partial charge < -0.3 is 36.7 Å². The predicted octanol–water partition coefficient (Wildman–Crippen LogP) is 3.72. The van der Waals surface area contributed by atoms with Crippen molar-refractivity contribution in [3.63, 3.8) is 0 Å². The third kappa shape index (κ3) is 11.4. The highest BCUT2D eigenvalue weighted by Gasteiger charge is 2.34. The largest absolute Gasteiger partial charge is 0.460 e. The van der Waals surface area contributed by atoms with Crippen LogP contribution in [0.5, 0.6) is 0 Å². The molecule has 1 aliphatic carbocycles. The van der Waals surface area contributed by atoms with Gasteiger partial charge in [0.05, 0.1) is 12.5 Å². The smallest absolute Gasteiger partial charge is 0.308 e. The molecule has 0 unspecified atom stereocenters. The van der Waals surface area contributed by atoms with Crippen LogP contribution < -0.4 is 27.0 Å². The van der Waals surface area contributed by atoms with Crippen molar-refractivity contribution in [3.8, 4) is 0 Å². The second-order valence-electron chi connectivity index (χ2n) is 14.4. The van der Waals surface area contributed by atoms with Crippen LogP contribution in [0.1, 0.15) is 88.7 Å². The Morgan fingerprint density at radius 2 is 1.60 bits per heavy atom. The summed E-state index contributed by atoms with van der Waals surface area (Å²) in [7, 11) is 0. The Morgan fingerprint density at radius 1 is 0.865 bits per heavy atom. The van der Waals surface area contributed by atoms with Gasteiger partial charge in [-0.1, -0.05) is 74.2 Å². The maximum Gasteiger partial charge on any atom is 0.308 e. The number of benzene rings is 2. The van der Waals surface area contributed by atoms with E-state index in [4.69, 9.17) is 10.5 Å². The van der Waals surface area contributed by atoms with Gasteiger partial charge in [-0.3, -0.25) is 24.0 Å². The van der Waals surface area contributed by atoms with E-state index in [1.807, 2.05) is 60.8 Å². The fourth-order valence-corrected chi connectivity index (χ4v) is 7.37. The van der Waals surface area contributed by atoms with Crippen molar-refractivity contribution >= 4 is 40.5 Å². The van der Waals surface area contributed by atoms with Gasteiger partial charge in [0.1, 0.15) is 12.1 Å². The molecule has 12 heteroatoms. The van der Waals surface area contributed by atoms with Crippen LogP contribution in [0.25, 0.3) is 10.9 Å². The Hall–Kier alpha value is -4.71. The third-order valence-electron chi connectivity index (χ3n) is 10.2. The second kappa shape index (κ2) is 19.2. The van der Waals surface area contributed by atoms with Crippen molar-refractivity contribution in [2.45, 2.75) is 121 Å². The Morgan fingerprint density at radius 3 is 2.33 bits per heavy atom. The van der Waals surface area contributed by atoms with Crippen molar-refractivity contribution in [1.82, 2.24) is 26.3 Å². The van der Waals surface area contributed by atoms with Gasteiger partial charge in [-0.25, -0.2) is 0 Å². The predicted molar refractivity (Wildman–Crippen MR) is 199 cm³/mol. The number of aromatic nitrogens is 1. The highest BCUT2D eigenvalue weighted by Crippen LogP contribution is 2.24. The number of ether oxygens (including phenoxy) is 1. The fourth-order valence-electron chi connectivity index (χ4n) is 7.37. The second-order valence-corrected chi connectivity index (χ2v) is 14.4. The van der Waals surface area contributed by atoms with Gasteiger partial charge in [0, 0.05) is 54.4 Å². The van der Waals surface area contributed by atoms with E-state index in [2.05, 4.69) is 26.3 Å². The van der Waals surface area contributed by atoms with E-state index >= 15 is 0 Å². The molecular weight excluding hydrogens is 660 g/mol. The number of H-pyrrole nitrogens is 1. The van der Waals surface area contributed by atoms with Gasteiger partial charge >= 0.3 is 5.97 Å². The number of nitrogens with two attached hydrogens (primary N) is 1.